The molecule has 8 nitrogen and oxygen atoms in total. The van der Waals surface area contributed by atoms with E-state index in [-0.39, 0.29) is 10.6 Å². The van der Waals surface area contributed by atoms with Crippen LogP contribution in [0.5, 0.6) is 0 Å². The molecule has 2 aromatic carbocycles. The molecule has 0 amide bonds. The highest BCUT2D eigenvalue weighted by Gasteiger charge is 2.25. The van der Waals surface area contributed by atoms with Gasteiger partial charge in [-0.2, -0.15) is 0 Å². The van der Waals surface area contributed by atoms with Crippen LogP contribution < -0.4 is 0 Å². The van der Waals surface area contributed by atoms with Crippen molar-refractivity contribution in [3.05, 3.63) is 94.6 Å². The molecule has 0 aliphatic rings. The number of nitrogens with zero attached hydrogens (tertiary/aromatic N) is 4. The van der Waals surface area contributed by atoms with Crippen LogP contribution in [-0.4, -0.2) is 27.3 Å². The quantitative estimate of drug-likeness (QED) is 0.358. The van der Waals surface area contributed by atoms with Gasteiger partial charge in [0, 0.05) is 30.9 Å². The van der Waals surface area contributed by atoms with Crippen LogP contribution in [-0.2, 0) is 22.9 Å². The smallest absolute Gasteiger partial charge is 0.264 e. The van der Waals surface area contributed by atoms with Crippen molar-refractivity contribution in [3.8, 4) is 0 Å². The van der Waals surface area contributed by atoms with Crippen LogP contribution in [0.3, 0.4) is 0 Å². The van der Waals surface area contributed by atoms with Crippen molar-refractivity contribution in [2.75, 3.05) is 0 Å². The zero-order valence-corrected chi connectivity index (χ0v) is 16.0. The third-order valence-corrected chi connectivity index (χ3v) is 6.25. The van der Waals surface area contributed by atoms with Gasteiger partial charge in [0.1, 0.15) is 5.82 Å². The van der Waals surface area contributed by atoms with E-state index < -0.39 is 14.9 Å². The highest BCUT2D eigenvalue weighted by molar-refractivity contribution is 7.90. The lowest BCUT2D eigenvalue weighted by Gasteiger charge is -2.11. The van der Waals surface area contributed by atoms with Crippen molar-refractivity contribution in [1.29, 1.82) is 0 Å². The summed E-state index contributed by atoms with van der Waals surface area (Å²) in [7, 11) is -4.08. The summed E-state index contributed by atoms with van der Waals surface area (Å²) in [6, 6.07) is 15.7. The number of fused-ring (bicyclic) bond motifs is 1. The van der Waals surface area contributed by atoms with Crippen LogP contribution >= 0.6 is 0 Å². The summed E-state index contributed by atoms with van der Waals surface area (Å²) in [5, 5.41) is 11.1. The lowest BCUT2D eigenvalue weighted by atomic mass is 10.1. The maximum atomic E-state index is 13.4. The average Bonchev–Trinajstić information content (AvgIpc) is 3.12. The maximum Gasteiger partial charge on any atom is 0.270 e. The minimum Gasteiger partial charge on any atom is -0.264 e. The molecule has 146 valence electrons. The number of aryl methyl sites for hydroxylation is 2. The first-order valence-corrected chi connectivity index (χ1v) is 10.3. The van der Waals surface area contributed by atoms with Crippen molar-refractivity contribution in [2.24, 2.45) is 0 Å². The van der Waals surface area contributed by atoms with Gasteiger partial charge in [0.05, 0.1) is 20.9 Å². The number of benzene rings is 2. The van der Waals surface area contributed by atoms with Crippen LogP contribution in [0, 0.1) is 10.1 Å². The molecule has 9 heteroatoms. The van der Waals surface area contributed by atoms with Crippen LogP contribution in [0.4, 0.5) is 5.69 Å². The number of nitro groups is 1. The van der Waals surface area contributed by atoms with Crippen molar-refractivity contribution in [3.63, 3.8) is 0 Å². The summed E-state index contributed by atoms with van der Waals surface area (Å²) in [5.74, 6) is 0.363. The minimum absolute atomic E-state index is 0.155. The van der Waals surface area contributed by atoms with Gasteiger partial charge in [0.2, 0.25) is 0 Å². The average molecular weight is 408 g/mol. The number of hydrogen-bond donors (Lipinski definition) is 0. The van der Waals surface area contributed by atoms with Crippen LogP contribution in [0.2, 0.25) is 0 Å². The zero-order chi connectivity index (χ0) is 20.4. The number of para-hydroxylation sites is 2. The highest BCUT2D eigenvalue weighted by Crippen LogP contribution is 2.26. The van der Waals surface area contributed by atoms with Gasteiger partial charge in [-0.1, -0.05) is 24.3 Å². The topological polar surface area (TPSA) is 108 Å². The molecule has 2 heterocycles. The number of rotatable bonds is 6. The number of hydrogen-bond acceptors (Lipinski definition) is 6. The van der Waals surface area contributed by atoms with E-state index in [9.17, 15) is 18.5 Å². The number of non-ortho nitro benzene ring substituents is 1. The molecule has 0 spiro atoms. The Hall–Kier alpha value is -3.59. The van der Waals surface area contributed by atoms with Crippen LogP contribution in [0.1, 0.15) is 11.4 Å². The van der Waals surface area contributed by atoms with Crippen LogP contribution in [0.25, 0.3) is 11.0 Å². The Morgan fingerprint density at radius 2 is 1.83 bits per heavy atom. The molecule has 2 aromatic heterocycles. The number of pyridine rings is 1. The normalized spacial score (nSPS) is 11.6. The van der Waals surface area contributed by atoms with Crippen molar-refractivity contribution < 1.29 is 13.3 Å². The van der Waals surface area contributed by atoms with Gasteiger partial charge in [0.15, 0.2) is 0 Å². The standard InChI is InChI=1S/C20H16N4O4S/c25-24(26)16-6-3-7-17(13-16)29(27,28)23-19-9-2-1-8-18(19)22-20(23)11-10-15-5-4-12-21-14-15/h1-9,12-14H,10-11H2. The Bertz CT molecular complexity index is 1300. The van der Waals surface area contributed by atoms with Crippen molar-refractivity contribution >= 4 is 26.7 Å². The third kappa shape index (κ3) is 3.59. The second-order valence-electron chi connectivity index (χ2n) is 6.40. The lowest BCUT2D eigenvalue weighted by molar-refractivity contribution is -0.385. The third-order valence-electron chi connectivity index (χ3n) is 4.51. The van der Waals surface area contributed by atoms with Gasteiger partial charge < -0.3 is 0 Å². The molecular weight excluding hydrogens is 392 g/mol. The van der Waals surface area contributed by atoms with Crippen molar-refractivity contribution in [2.45, 2.75) is 17.7 Å². The van der Waals surface area contributed by atoms with Gasteiger partial charge in [-0.15, -0.1) is 0 Å². The van der Waals surface area contributed by atoms with E-state index >= 15 is 0 Å². The first-order valence-electron chi connectivity index (χ1n) is 8.82. The molecule has 0 aliphatic heterocycles. The van der Waals surface area contributed by atoms with Gasteiger partial charge in [-0.05, 0) is 36.2 Å². The lowest BCUT2D eigenvalue weighted by Crippen LogP contribution is -2.17. The van der Waals surface area contributed by atoms with E-state index in [2.05, 4.69) is 9.97 Å². The fraction of sp³-hybridized carbons (Fsp3) is 0.100. The fourth-order valence-electron chi connectivity index (χ4n) is 3.14. The number of nitro benzene ring substituents is 1. The summed E-state index contributed by atoms with van der Waals surface area (Å²) in [6.45, 7) is 0. The molecule has 4 rings (SSSR count). The molecular formula is C20H16N4O4S. The SMILES string of the molecule is O=[N+]([O-])c1cccc(S(=O)(=O)n2c(CCc3cccnc3)nc3ccccc32)c1. The summed E-state index contributed by atoms with van der Waals surface area (Å²) in [4.78, 5) is 18.9. The Balaban J connectivity index is 1.83. The molecule has 4 aromatic rings. The molecule has 0 saturated carbocycles. The van der Waals surface area contributed by atoms with E-state index in [0.29, 0.717) is 29.7 Å². The minimum atomic E-state index is -4.08. The Morgan fingerprint density at radius 3 is 2.59 bits per heavy atom. The Kier molecular flexibility index (Phi) is 4.81. The van der Waals surface area contributed by atoms with Gasteiger partial charge in [0.25, 0.3) is 15.7 Å². The molecule has 29 heavy (non-hydrogen) atoms. The Labute approximate surface area is 166 Å². The monoisotopic (exact) mass is 408 g/mol. The zero-order valence-electron chi connectivity index (χ0n) is 15.2. The highest BCUT2D eigenvalue weighted by atomic mass is 32.2. The first-order chi connectivity index (χ1) is 14.0. The second-order valence-corrected chi connectivity index (χ2v) is 8.19. The summed E-state index contributed by atoms with van der Waals surface area (Å²) in [6.07, 6.45) is 4.32. The predicted molar refractivity (Wildman–Crippen MR) is 107 cm³/mol. The summed E-state index contributed by atoms with van der Waals surface area (Å²) < 4.78 is 28.0. The molecule has 0 saturated heterocycles. The number of imidazole rings is 1. The van der Waals surface area contributed by atoms with Gasteiger partial charge in [-0.25, -0.2) is 17.4 Å². The number of aromatic nitrogens is 3. The molecule has 0 radical (unpaired) electrons. The van der Waals surface area contributed by atoms with Crippen molar-refractivity contribution in [1.82, 2.24) is 13.9 Å². The molecule has 0 atom stereocenters. The Morgan fingerprint density at radius 1 is 1.00 bits per heavy atom. The predicted octanol–water partition coefficient (Wildman–Crippen LogP) is 3.36. The van der Waals surface area contributed by atoms with E-state index in [1.54, 1.807) is 36.7 Å². The maximum absolute atomic E-state index is 13.4. The van der Waals surface area contributed by atoms with E-state index in [1.807, 2.05) is 12.1 Å². The summed E-state index contributed by atoms with van der Waals surface area (Å²) >= 11 is 0. The molecule has 0 fully saturated rings. The molecule has 0 unspecified atom stereocenters. The molecule has 0 bridgehead atoms. The van der Waals surface area contributed by atoms with Gasteiger partial charge in [-0.3, -0.25) is 15.1 Å². The largest absolute Gasteiger partial charge is 0.270 e. The van der Waals surface area contributed by atoms with Crippen LogP contribution in [0.15, 0.2) is 78.0 Å². The molecule has 0 N–H and O–H groups in total. The van der Waals surface area contributed by atoms with E-state index in [1.165, 1.54) is 22.2 Å². The van der Waals surface area contributed by atoms with E-state index in [0.717, 1.165) is 11.6 Å². The fourth-order valence-corrected chi connectivity index (χ4v) is 4.70. The van der Waals surface area contributed by atoms with Gasteiger partial charge >= 0.3 is 0 Å². The summed E-state index contributed by atoms with van der Waals surface area (Å²) in [5.41, 5.74) is 1.65. The van der Waals surface area contributed by atoms with E-state index in [4.69, 9.17) is 0 Å². The second kappa shape index (κ2) is 7.44. The molecule has 0 aliphatic carbocycles. The first kappa shape index (κ1) is 18.8.